The zero-order valence-electron chi connectivity index (χ0n) is 23.4. The first-order valence-electron chi connectivity index (χ1n) is 13.1. The van der Waals surface area contributed by atoms with Crippen molar-refractivity contribution in [1.29, 1.82) is 0 Å². The Hall–Kier alpha value is -4.30. The summed E-state index contributed by atoms with van der Waals surface area (Å²) in [6.45, 7) is 1.66. The highest BCUT2D eigenvalue weighted by Crippen LogP contribution is 2.40. The Morgan fingerprint density at radius 2 is 1.53 bits per heavy atom. The number of methoxy groups -OCH3 is 2. The Morgan fingerprint density at radius 3 is 2.21 bits per heavy atom. The number of pyridine rings is 1. The molecule has 0 aliphatic carbocycles. The molecule has 3 heterocycles. The molecular formula is C29H28FNO10S2. The Kier molecular flexibility index (Phi) is 10.1. The summed E-state index contributed by atoms with van der Waals surface area (Å²) in [6, 6.07) is 6.23. The number of halogens is 1. The molecule has 0 aliphatic rings. The van der Waals surface area contributed by atoms with E-state index in [1.165, 1.54) is 38.5 Å². The van der Waals surface area contributed by atoms with Gasteiger partial charge in [-0.15, -0.1) is 22.7 Å². The van der Waals surface area contributed by atoms with Gasteiger partial charge in [-0.05, 0) is 12.1 Å². The smallest absolute Gasteiger partial charge is 0.306 e. The van der Waals surface area contributed by atoms with E-state index in [0.29, 0.717) is 32.0 Å². The second-order valence-electron chi connectivity index (χ2n) is 9.47. The summed E-state index contributed by atoms with van der Waals surface area (Å²) in [5.74, 6) is -3.76. The number of Topliss-reactive ketones (excluding diaryl/α,β-unsaturated/α-hetero) is 2. The quantitative estimate of drug-likeness (QED) is 0.112. The van der Waals surface area contributed by atoms with Crippen molar-refractivity contribution in [2.75, 3.05) is 27.4 Å². The zero-order valence-corrected chi connectivity index (χ0v) is 25.1. The summed E-state index contributed by atoms with van der Waals surface area (Å²) in [6.07, 6.45) is -0.299. The summed E-state index contributed by atoms with van der Waals surface area (Å²) >= 11 is 2.24. The maximum absolute atomic E-state index is 15.4. The minimum absolute atomic E-state index is 0.0523. The molecule has 0 saturated heterocycles. The van der Waals surface area contributed by atoms with E-state index < -0.39 is 23.7 Å². The number of ketones is 2. The number of carboxylic acids is 2. The molecule has 14 heteroatoms. The maximum atomic E-state index is 15.4. The van der Waals surface area contributed by atoms with Gasteiger partial charge < -0.3 is 29.2 Å². The monoisotopic (exact) mass is 633 g/mol. The number of rotatable bonds is 16. The predicted molar refractivity (Wildman–Crippen MR) is 157 cm³/mol. The van der Waals surface area contributed by atoms with Gasteiger partial charge in [0.05, 0.1) is 59.7 Å². The van der Waals surface area contributed by atoms with Gasteiger partial charge in [0.15, 0.2) is 34.6 Å². The lowest BCUT2D eigenvalue weighted by Crippen LogP contribution is -2.13. The average molecular weight is 634 g/mol. The van der Waals surface area contributed by atoms with Gasteiger partial charge in [0.2, 0.25) is 0 Å². The molecule has 228 valence electrons. The van der Waals surface area contributed by atoms with Crippen LogP contribution < -0.4 is 18.9 Å². The molecule has 2 N–H and O–H groups in total. The fourth-order valence-electron chi connectivity index (χ4n) is 4.05. The Labute approximate surface area is 252 Å². The standard InChI is InChI=1S/C29H28FNO10S2/c1-14(29(36)37)9-18(33)24-11-16-22(43-24)13-20(39-3)28(31-16)41-8-4-7-40-27-19(38-2)12-21-15(26(27)30)10-23(42-21)17(32)5-6-25(34)35/h10-14H,4-9H2,1-3H3,(H,34,35)(H,36,37). The molecule has 43 heavy (non-hydrogen) atoms. The number of ether oxygens (including phenoxy) is 4. The number of carboxylic acid groups (broad SMARTS) is 2. The van der Waals surface area contributed by atoms with Crippen molar-refractivity contribution in [2.45, 2.75) is 32.6 Å². The third-order valence-electron chi connectivity index (χ3n) is 6.36. The van der Waals surface area contributed by atoms with Crippen molar-refractivity contribution < 1.29 is 52.7 Å². The number of aliphatic carboxylic acids is 2. The van der Waals surface area contributed by atoms with Crippen LogP contribution >= 0.6 is 22.7 Å². The highest BCUT2D eigenvalue weighted by atomic mass is 32.1. The topological polar surface area (TPSA) is 159 Å². The van der Waals surface area contributed by atoms with Crippen LogP contribution in [0.3, 0.4) is 0 Å². The molecule has 1 unspecified atom stereocenters. The van der Waals surface area contributed by atoms with Crippen molar-refractivity contribution in [3.05, 3.63) is 39.8 Å². The van der Waals surface area contributed by atoms with Gasteiger partial charge in [0.25, 0.3) is 5.88 Å². The number of carbonyl (C=O) groups excluding carboxylic acids is 2. The molecule has 4 aromatic rings. The highest BCUT2D eigenvalue weighted by Gasteiger charge is 2.22. The van der Waals surface area contributed by atoms with E-state index in [-0.39, 0.29) is 71.7 Å². The molecule has 0 bridgehead atoms. The van der Waals surface area contributed by atoms with Crippen LogP contribution in [0.4, 0.5) is 4.39 Å². The van der Waals surface area contributed by atoms with E-state index in [0.717, 1.165) is 11.3 Å². The second kappa shape index (κ2) is 13.8. The van der Waals surface area contributed by atoms with Gasteiger partial charge in [-0.3, -0.25) is 19.2 Å². The van der Waals surface area contributed by atoms with Gasteiger partial charge >= 0.3 is 11.9 Å². The van der Waals surface area contributed by atoms with Crippen molar-refractivity contribution in [3.63, 3.8) is 0 Å². The largest absolute Gasteiger partial charge is 0.493 e. The van der Waals surface area contributed by atoms with Gasteiger partial charge in [0.1, 0.15) is 0 Å². The van der Waals surface area contributed by atoms with E-state index in [2.05, 4.69) is 4.98 Å². The summed E-state index contributed by atoms with van der Waals surface area (Å²) in [5.41, 5.74) is 0.500. The summed E-state index contributed by atoms with van der Waals surface area (Å²) in [4.78, 5) is 51.8. The van der Waals surface area contributed by atoms with E-state index in [4.69, 9.17) is 29.2 Å². The number of hydrogen-bond acceptors (Lipinski definition) is 11. The third kappa shape index (κ3) is 7.38. The fourth-order valence-corrected chi connectivity index (χ4v) is 6.09. The minimum atomic E-state index is -1.09. The van der Waals surface area contributed by atoms with Gasteiger partial charge in [-0.1, -0.05) is 6.92 Å². The van der Waals surface area contributed by atoms with Crippen LogP contribution in [0.15, 0.2) is 24.3 Å². The molecule has 4 rings (SSSR count). The Bertz CT molecular complexity index is 1700. The minimum Gasteiger partial charge on any atom is -0.493 e. The average Bonchev–Trinajstić information content (AvgIpc) is 3.60. The molecule has 1 atom stereocenters. The molecule has 0 aliphatic heterocycles. The lowest BCUT2D eigenvalue weighted by Gasteiger charge is -2.13. The van der Waals surface area contributed by atoms with Gasteiger partial charge in [-0.2, -0.15) is 0 Å². The number of nitrogens with zero attached hydrogens (tertiary/aromatic N) is 1. The van der Waals surface area contributed by atoms with Crippen molar-refractivity contribution in [1.82, 2.24) is 4.98 Å². The van der Waals surface area contributed by atoms with Crippen LogP contribution in [0.25, 0.3) is 20.3 Å². The van der Waals surface area contributed by atoms with E-state index in [9.17, 15) is 19.2 Å². The molecule has 0 saturated carbocycles. The molecule has 0 radical (unpaired) electrons. The number of aromatic nitrogens is 1. The zero-order chi connectivity index (χ0) is 31.3. The Balaban J connectivity index is 1.40. The van der Waals surface area contributed by atoms with Crippen LogP contribution in [-0.4, -0.2) is 66.1 Å². The number of benzene rings is 1. The van der Waals surface area contributed by atoms with Gasteiger partial charge in [0, 0.05) is 41.5 Å². The SMILES string of the molecule is COc1cc2sc(C(=O)CC(C)C(=O)O)cc2nc1OCCCOc1c(OC)cc2sc(C(=O)CCC(=O)O)cc2c1F. The normalized spacial score (nSPS) is 11.8. The summed E-state index contributed by atoms with van der Waals surface area (Å²) in [5, 5.41) is 18.1. The number of carbonyl (C=O) groups is 4. The van der Waals surface area contributed by atoms with Crippen molar-refractivity contribution >= 4 is 66.5 Å². The number of thiophene rings is 2. The summed E-state index contributed by atoms with van der Waals surface area (Å²) < 4.78 is 38.7. The lowest BCUT2D eigenvalue weighted by molar-refractivity contribution is -0.141. The predicted octanol–water partition coefficient (Wildman–Crippen LogP) is 5.86. The molecule has 0 amide bonds. The van der Waals surface area contributed by atoms with E-state index in [1.807, 2.05) is 0 Å². The number of fused-ring (bicyclic) bond motifs is 2. The number of hydrogen-bond donors (Lipinski definition) is 2. The second-order valence-corrected chi connectivity index (χ2v) is 11.6. The summed E-state index contributed by atoms with van der Waals surface area (Å²) in [7, 11) is 2.82. The molecule has 0 spiro atoms. The lowest BCUT2D eigenvalue weighted by atomic mass is 10.0. The Morgan fingerprint density at radius 1 is 0.884 bits per heavy atom. The van der Waals surface area contributed by atoms with Crippen molar-refractivity contribution in [3.8, 4) is 23.1 Å². The van der Waals surface area contributed by atoms with Crippen LogP contribution in [-0.2, 0) is 9.59 Å². The van der Waals surface area contributed by atoms with Gasteiger partial charge in [-0.25, -0.2) is 9.37 Å². The first-order valence-corrected chi connectivity index (χ1v) is 14.7. The molecule has 1 aromatic carbocycles. The first-order chi connectivity index (χ1) is 20.5. The van der Waals surface area contributed by atoms with Crippen molar-refractivity contribution in [2.24, 2.45) is 5.92 Å². The third-order valence-corrected chi connectivity index (χ3v) is 8.60. The molecular weight excluding hydrogens is 605 g/mol. The highest BCUT2D eigenvalue weighted by molar-refractivity contribution is 7.21. The molecule has 11 nitrogen and oxygen atoms in total. The fraction of sp³-hybridized carbons (Fsp3) is 0.345. The van der Waals surface area contributed by atoms with E-state index >= 15 is 4.39 Å². The van der Waals surface area contributed by atoms with Crippen LogP contribution in [0.5, 0.6) is 23.1 Å². The van der Waals surface area contributed by atoms with E-state index in [1.54, 1.807) is 18.2 Å². The van der Waals surface area contributed by atoms with Crippen LogP contribution in [0.2, 0.25) is 0 Å². The van der Waals surface area contributed by atoms with Crippen LogP contribution in [0, 0.1) is 11.7 Å². The van der Waals surface area contributed by atoms with Crippen LogP contribution in [0.1, 0.15) is 52.0 Å². The molecule has 3 aromatic heterocycles. The maximum Gasteiger partial charge on any atom is 0.306 e. The molecule has 0 fully saturated rings. The first kappa shape index (κ1) is 31.6.